The molecule has 1 N–H and O–H groups in total. The van der Waals surface area contributed by atoms with Crippen LogP contribution in [0.4, 0.5) is 5.69 Å². The molecule has 0 atom stereocenters. The smallest absolute Gasteiger partial charge is 0.248 e. The summed E-state index contributed by atoms with van der Waals surface area (Å²) in [5, 5.41) is 2.83. The lowest BCUT2D eigenvalue weighted by atomic mass is 10.2. The van der Waals surface area contributed by atoms with E-state index < -0.39 is 0 Å². The van der Waals surface area contributed by atoms with E-state index in [9.17, 15) is 4.79 Å². The SMILES string of the molecule is COCOc1ccc(/C=C/C(=O)Nc2ccc(OCc3ccccc3)cc2)cc1. The number of nitrogens with one attached hydrogen (secondary N) is 1. The molecule has 5 heteroatoms. The van der Waals surface area contributed by atoms with Crippen LogP contribution >= 0.6 is 0 Å². The molecule has 148 valence electrons. The summed E-state index contributed by atoms with van der Waals surface area (Å²) in [7, 11) is 1.57. The Bertz CT molecular complexity index is 919. The number of anilines is 1. The maximum absolute atomic E-state index is 12.1. The van der Waals surface area contributed by atoms with Gasteiger partial charge in [-0.2, -0.15) is 0 Å². The molecule has 0 bridgehead atoms. The van der Waals surface area contributed by atoms with Gasteiger partial charge in [-0.05, 0) is 53.6 Å². The number of hydrogen-bond donors (Lipinski definition) is 1. The van der Waals surface area contributed by atoms with Crippen molar-refractivity contribution in [3.8, 4) is 11.5 Å². The molecule has 3 aromatic rings. The quantitative estimate of drug-likeness (QED) is 0.418. The molecule has 5 nitrogen and oxygen atoms in total. The molecule has 0 heterocycles. The van der Waals surface area contributed by atoms with Crippen molar-refractivity contribution in [2.75, 3.05) is 19.2 Å². The Morgan fingerprint density at radius 3 is 2.21 bits per heavy atom. The topological polar surface area (TPSA) is 56.8 Å². The lowest BCUT2D eigenvalue weighted by molar-refractivity contribution is -0.111. The molecule has 0 spiro atoms. The van der Waals surface area contributed by atoms with Gasteiger partial charge in [0.15, 0.2) is 6.79 Å². The Morgan fingerprint density at radius 1 is 0.862 bits per heavy atom. The first-order valence-corrected chi connectivity index (χ1v) is 9.20. The van der Waals surface area contributed by atoms with Gasteiger partial charge < -0.3 is 19.5 Å². The highest BCUT2D eigenvalue weighted by Gasteiger charge is 2.00. The first-order chi connectivity index (χ1) is 14.2. The molecule has 0 aliphatic carbocycles. The average Bonchev–Trinajstić information content (AvgIpc) is 2.77. The fraction of sp³-hybridized carbons (Fsp3) is 0.125. The van der Waals surface area contributed by atoms with Crippen molar-refractivity contribution >= 4 is 17.7 Å². The van der Waals surface area contributed by atoms with E-state index in [1.165, 1.54) is 6.08 Å². The molecule has 0 saturated carbocycles. The number of methoxy groups -OCH3 is 1. The monoisotopic (exact) mass is 389 g/mol. The molecule has 0 aliphatic heterocycles. The second-order valence-corrected chi connectivity index (χ2v) is 6.24. The third-order valence-corrected chi connectivity index (χ3v) is 4.02. The predicted octanol–water partition coefficient (Wildman–Crippen LogP) is 4.90. The fourth-order valence-electron chi connectivity index (χ4n) is 2.53. The highest BCUT2D eigenvalue weighted by Crippen LogP contribution is 2.17. The van der Waals surface area contributed by atoms with Gasteiger partial charge in [0.1, 0.15) is 18.1 Å². The molecule has 0 saturated heterocycles. The number of rotatable bonds is 9. The van der Waals surface area contributed by atoms with Gasteiger partial charge in [0.05, 0.1) is 0 Å². The van der Waals surface area contributed by atoms with Crippen LogP contribution in [0.1, 0.15) is 11.1 Å². The van der Waals surface area contributed by atoms with Crippen LogP contribution in [-0.4, -0.2) is 19.8 Å². The zero-order chi connectivity index (χ0) is 20.3. The zero-order valence-electron chi connectivity index (χ0n) is 16.2. The van der Waals surface area contributed by atoms with Crippen molar-refractivity contribution in [2.24, 2.45) is 0 Å². The summed E-state index contributed by atoms with van der Waals surface area (Å²) in [5.41, 5.74) is 2.71. The van der Waals surface area contributed by atoms with Gasteiger partial charge in [-0.15, -0.1) is 0 Å². The number of hydrogen-bond acceptors (Lipinski definition) is 4. The minimum Gasteiger partial charge on any atom is -0.489 e. The second-order valence-electron chi connectivity index (χ2n) is 6.24. The van der Waals surface area contributed by atoms with Gasteiger partial charge in [-0.1, -0.05) is 42.5 Å². The standard InChI is InChI=1S/C24H23NO4/c1-27-18-29-23-12-7-19(8-13-23)9-16-24(26)25-21-10-14-22(15-11-21)28-17-20-5-3-2-4-6-20/h2-16H,17-18H2,1H3,(H,25,26)/b16-9+. The van der Waals surface area contributed by atoms with Crippen LogP contribution in [-0.2, 0) is 16.1 Å². The van der Waals surface area contributed by atoms with Crippen molar-refractivity contribution in [1.29, 1.82) is 0 Å². The molecular formula is C24H23NO4. The lowest BCUT2D eigenvalue weighted by Gasteiger charge is -2.07. The summed E-state index contributed by atoms with van der Waals surface area (Å²) in [6, 6.07) is 24.6. The molecule has 0 fully saturated rings. The molecular weight excluding hydrogens is 366 g/mol. The second kappa shape index (κ2) is 10.7. The van der Waals surface area contributed by atoms with Crippen molar-refractivity contribution in [1.82, 2.24) is 0 Å². The lowest BCUT2D eigenvalue weighted by Crippen LogP contribution is -2.07. The Balaban J connectivity index is 1.48. The molecule has 0 radical (unpaired) electrons. The molecule has 3 aromatic carbocycles. The van der Waals surface area contributed by atoms with E-state index in [4.69, 9.17) is 14.2 Å². The molecule has 0 unspecified atom stereocenters. The largest absolute Gasteiger partial charge is 0.489 e. The van der Waals surface area contributed by atoms with Crippen molar-refractivity contribution in [2.45, 2.75) is 6.61 Å². The Labute approximate surface area is 170 Å². The van der Waals surface area contributed by atoms with Crippen molar-refractivity contribution < 1.29 is 19.0 Å². The van der Waals surface area contributed by atoms with E-state index in [1.54, 1.807) is 13.2 Å². The maximum atomic E-state index is 12.1. The molecule has 0 aliphatic rings. The average molecular weight is 389 g/mol. The highest BCUT2D eigenvalue weighted by atomic mass is 16.7. The third-order valence-electron chi connectivity index (χ3n) is 4.02. The van der Waals surface area contributed by atoms with Crippen molar-refractivity contribution in [3.05, 3.63) is 96.1 Å². The Morgan fingerprint density at radius 2 is 1.52 bits per heavy atom. The number of carbonyl (C=O) groups is 1. The van der Waals surface area contributed by atoms with Crippen LogP contribution < -0.4 is 14.8 Å². The summed E-state index contributed by atoms with van der Waals surface area (Å²) >= 11 is 0. The van der Waals surface area contributed by atoms with Crippen LogP contribution in [0, 0.1) is 0 Å². The number of amides is 1. The fourth-order valence-corrected chi connectivity index (χ4v) is 2.53. The van der Waals surface area contributed by atoms with Crippen LogP contribution in [0.15, 0.2) is 84.9 Å². The van der Waals surface area contributed by atoms with E-state index in [0.29, 0.717) is 18.0 Å². The molecule has 29 heavy (non-hydrogen) atoms. The summed E-state index contributed by atoms with van der Waals surface area (Å²) in [6.45, 7) is 0.707. The zero-order valence-corrected chi connectivity index (χ0v) is 16.2. The van der Waals surface area contributed by atoms with Gasteiger partial charge in [0.2, 0.25) is 5.91 Å². The maximum Gasteiger partial charge on any atom is 0.248 e. The Hall–Kier alpha value is -3.57. The van der Waals surface area contributed by atoms with Gasteiger partial charge >= 0.3 is 0 Å². The molecule has 1 amide bonds. The van der Waals surface area contributed by atoms with Crippen LogP contribution in [0.25, 0.3) is 6.08 Å². The number of ether oxygens (including phenoxy) is 3. The number of benzene rings is 3. The highest BCUT2D eigenvalue weighted by molar-refractivity contribution is 6.01. The van der Waals surface area contributed by atoms with Crippen LogP contribution in [0.2, 0.25) is 0 Å². The first-order valence-electron chi connectivity index (χ1n) is 9.20. The van der Waals surface area contributed by atoms with E-state index >= 15 is 0 Å². The Kier molecular flexibility index (Phi) is 7.43. The number of carbonyl (C=O) groups excluding carboxylic acids is 1. The first kappa shape index (κ1) is 20.2. The summed E-state index contributed by atoms with van der Waals surface area (Å²) in [5.74, 6) is 1.25. The molecule has 0 aromatic heterocycles. The summed E-state index contributed by atoms with van der Waals surface area (Å²) < 4.78 is 15.9. The summed E-state index contributed by atoms with van der Waals surface area (Å²) in [4.78, 5) is 12.1. The third kappa shape index (κ3) is 6.83. The summed E-state index contributed by atoms with van der Waals surface area (Å²) in [6.07, 6.45) is 3.23. The van der Waals surface area contributed by atoms with E-state index in [1.807, 2.05) is 78.9 Å². The van der Waals surface area contributed by atoms with E-state index in [-0.39, 0.29) is 12.7 Å². The normalized spacial score (nSPS) is 10.7. The van der Waals surface area contributed by atoms with Crippen LogP contribution in [0.5, 0.6) is 11.5 Å². The predicted molar refractivity (Wildman–Crippen MR) is 114 cm³/mol. The van der Waals surface area contributed by atoms with Crippen LogP contribution in [0.3, 0.4) is 0 Å². The van der Waals surface area contributed by atoms with Gasteiger partial charge in [0.25, 0.3) is 0 Å². The van der Waals surface area contributed by atoms with Gasteiger partial charge in [-0.25, -0.2) is 0 Å². The van der Waals surface area contributed by atoms with Gasteiger partial charge in [-0.3, -0.25) is 4.79 Å². The van der Waals surface area contributed by atoms with E-state index in [0.717, 1.165) is 16.9 Å². The van der Waals surface area contributed by atoms with E-state index in [2.05, 4.69) is 5.32 Å². The molecule has 3 rings (SSSR count). The van der Waals surface area contributed by atoms with Gasteiger partial charge in [0, 0.05) is 18.9 Å². The van der Waals surface area contributed by atoms with Crippen molar-refractivity contribution in [3.63, 3.8) is 0 Å². The minimum atomic E-state index is -0.206. The minimum absolute atomic E-state index is 0.202.